The monoisotopic (exact) mass is 202 g/mol. The lowest BCUT2D eigenvalue weighted by atomic mass is 10.1. The summed E-state index contributed by atoms with van der Waals surface area (Å²) in [5.41, 5.74) is 0. The van der Waals surface area contributed by atoms with Gasteiger partial charge in [0.1, 0.15) is 0 Å². The molecule has 0 aromatic rings. The second-order valence-corrected chi connectivity index (χ2v) is 2.90. The molecule has 5 heteroatoms. The minimum Gasteiger partial charge on any atom is -0.481 e. The highest BCUT2D eigenvalue weighted by molar-refractivity contribution is 5.79. The molecule has 0 unspecified atom stereocenters. The summed E-state index contributed by atoms with van der Waals surface area (Å²) in [6.45, 7) is 0. The van der Waals surface area contributed by atoms with Crippen LogP contribution < -0.4 is 0 Å². The van der Waals surface area contributed by atoms with Gasteiger partial charge in [0.2, 0.25) is 0 Å². The zero-order valence-electron chi connectivity index (χ0n) is 7.72. The molecule has 0 aromatic heterocycles. The van der Waals surface area contributed by atoms with E-state index in [-0.39, 0.29) is 6.42 Å². The second-order valence-electron chi connectivity index (χ2n) is 2.90. The maximum absolute atomic E-state index is 10.1. The predicted octanol–water partition coefficient (Wildman–Crippen LogP) is 0.633. The van der Waals surface area contributed by atoms with Crippen molar-refractivity contribution in [1.29, 1.82) is 0 Å². The molecule has 0 bridgehead atoms. The second kappa shape index (κ2) is 7.08. The number of aliphatic hydroxyl groups excluding tert-OH is 1. The quantitative estimate of drug-likeness (QED) is 0.416. The zero-order chi connectivity index (χ0) is 11.0. The summed E-state index contributed by atoms with van der Waals surface area (Å²) in [7, 11) is 0. The van der Waals surface area contributed by atoms with Crippen LogP contribution in [0.3, 0.4) is 0 Å². The van der Waals surface area contributed by atoms with Gasteiger partial charge in [-0.15, -0.1) is 0 Å². The molecule has 0 fully saturated rings. The normalized spacial score (nSPS) is 12.9. The Bertz CT molecular complexity index is 221. The van der Waals surface area contributed by atoms with Crippen molar-refractivity contribution in [2.45, 2.75) is 31.8 Å². The topological polar surface area (TPSA) is 94.8 Å². The number of carboxylic acids is 2. The van der Waals surface area contributed by atoms with E-state index < -0.39 is 18.0 Å². The van der Waals surface area contributed by atoms with E-state index in [9.17, 15) is 9.59 Å². The molecule has 0 heterocycles. The van der Waals surface area contributed by atoms with Crippen LogP contribution in [0.2, 0.25) is 0 Å². The van der Waals surface area contributed by atoms with Gasteiger partial charge in [-0.2, -0.15) is 0 Å². The maximum atomic E-state index is 10.1. The van der Waals surface area contributed by atoms with Crippen molar-refractivity contribution >= 4 is 11.9 Å². The number of carbonyl (C=O) groups is 2. The number of rotatable bonds is 7. The van der Waals surface area contributed by atoms with Crippen molar-refractivity contribution in [2.75, 3.05) is 0 Å². The smallest absolute Gasteiger partial charge is 0.328 e. The molecule has 0 aliphatic rings. The Balaban J connectivity index is 3.49. The van der Waals surface area contributed by atoms with E-state index in [0.29, 0.717) is 19.3 Å². The molecule has 0 rings (SSSR count). The third-order valence-electron chi connectivity index (χ3n) is 1.60. The Morgan fingerprint density at radius 1 is 1.21 bits per heavy atom. The number of carboxylic acid groups (broad SMARTS) is 2. The Morgan fingerprint density at radius 2 is 1.86 bits per heavy atom. The van der Waals surface area contributed by atoms with Crippen molar-refractivity contribution in [3.63, 3.8) is 0 Å². The van der Waals surface area contributed by atoms with E-state index in [0.717, 1.165) is 6.08 Å². The van der Waals surface area contributed by atoms with Crippen molar-refractivity contribution < 1.29 is 24.9 Å². The van der Waals surface area contributed by atoms with Crippen molar-refractivity contribution in [3.8, 4) is 0 Å². The summed E-state index contributed by atoms with van der Waals surface area (Å²) in [4.78, 5) is 20.2. The molecule has 80 valence electrons. The fraction of sp³-hybridized carbons (Fsp3) is 0.556. The van der Waals surface area contributed by atoms with E-state index in [4.69, 9.17) is 15.3 Å². The average Bonchev–Trinajstić information content (AvgIpc) is 2.08. The highest BCUT2D eigenvalue weighted by Gasteiger charge is 2.01. The van der Waals surface area contributed by atoms with E-state index >= 15 is 0 Å². The molecule has 0 aliphatic heterocycles. The van der Waals surface area contributed by atoms with Crippen LogP contribution in [0, 0.1) is 0 Å². The zero-order valence-corrected chi connectivity index (χ0v) is 7.72. The minimum absolute atomic E-state index is 0.0787. The van der Waals surface area contributed by atoms with E-state index in [1.165, 1.54) is 6.08 Å². The third-order valence-corrected chi connectivity index (χ3v) is 1.60. The lowest BCUT2D eigenvalue weighted by Gasteiger charge is -2.03. The summed E-state index contributed by atoms with van der Waals surface area (Å²) < 4.78 is 0. The molecular formula is C9H14O5. The summed E-state index contributed by atoms with van der Waals surface area (Å²) >= 11 is 0. The van der Waals surface area contributed by atoms with Gasteiger partial charge in [-0.25, -0.2) is 4.79 Å². The van der Waals surface area contributed by atoms with Gasteiger partial charge < -0.3 is 15.3 Å². The standard InChI is InChI=1S/C9H14O5/c10-7(5-6-9(13)14)3-1-2-4-8(11)12/h5-7,10H,1-4H2,(H,11,12)(H,13,14)/t7-/m0/s1. The number of hydrogen-bond acceptors (Lipinski definition) is 3. The summed E-state index contributed by atoms with van der Waals surface area (Å²) in [6, 6.07) is 0. The number of aliphatic carboxylic acids is 2. The Hall–Kier alpha value is -1.36. The van der Waals surface area contributed by atoms with Crippen molar-refractivity contribution in [1.82, 2.24) is 0 Å². The number of hydrogen-bond donors (Lipinski definition) is 3. The summed E-state index contributed by atoms with van der Waals surface area (Å²) in [5.74, 6) is -1.96. The Morgan fingerprint density at radius 3 is 2.36 bits per heavy atom. The van der Waals surface area contributed by atoms with Gasteiger partial charge in [-0.05, 0) is 25.3 Å². The van der Waals surface area contributed by atoms with Gasteiger partial charge in [0.05, 0.1) is 6.10 Å². The highest BCUT2D eigenvalue weighted by atomic mass is 16.4. The van der Waals surface area contributed by atoms with Gasteiger partial charge in [0.15, 0.2) is 0 Å². The lowest BCUT2D eigenvalue weighted by Crippen LogP contribution is -2.04. The Labute approximate surface area is 81.7 Å². The molecule has 0 saturated heterocycles. The first-order valence-corrected chi connectivity index (χ1v) is 4.33. The molecule has 5 nitrogen and oxygen atoms in total. The van der Waals surface area contributed by atoms with Crippen LogP contribution in [-0.2, 0) is 9.59 Å². The molecule has 14 heavy (non-hydrogen) atoms. The first-order chi connectivity index (χ1) is 6.52. The van der Waals surface area contributed by atoms with Crippen LogP contribution in [0.1, 0.15) is 25.7 Å². The molecule has 3 N–H and O–H groups in total. The van der Waals surface area contributed by atoms with Gasteiger partial charge in [-0.1, -0.05) is 0 Å². The fourth-order valence-corrected chi connectivity index (χ4v) is 0.919. The Kier molecular flexibility index (Phi) is 6.39. The molecule has 0 spiro atoms. The van der Waals surface area contributed by atoms with Crippen LogP contribution in [-0.4, -0.2) is 33.4 Å². The fourth-order valence-electron chi connectivity index (χ4n) is 0.919. The van der Waals surface area contributed by atoms with Crippen LogP contribution in [0.5, 0.6) is 0 Å². The third kappa shape index (κ3) is 8.73. The van der Waals surface area contributed by atoms with Crippen LogP contribution >= 0.6 is 0 Å². The molecule has 0 aromatic carbocycles. The predicted molar refractivity (Wildman–Crippen MR) is 48.9 cm³/mol. The SMILES string of the molecule is O=C(O)C=C[C@@H](O)CCCCC(=O)O. The van der Waals surface area contributed by atoms with Gasteiger partial charge in [0.25, 0.3) is 0 Å². The molecule has 0 radical (unpaired) electrons. The molecule has 0 aliphatic carbocycles. The largest absolute Gasteiger partial charge is 0.481 e. The number of aliphatic hydroxyl groups is 1. The van der Waals surface area contributed by atoms with Crippen LogP contribution in [0.25, 0.3) is 0 Å². The number of unbranched alkanes of at least 4 members (excludes halogenated alkanes) is 1. The minimum atomic E-state index is -1.10. The summed E-state index contributed by atoms with van der Waals surface area (Å²) in [5, 5.41) is 25.7. The average molecular weight is 202 g/mol. The van der Waals surface area contributed by atoms with E-state index in [2.05, 4.69) is 0 Å². The van der Waals surface area contributed by atoms with Crippen LogP contribution in [0.4, 0.5) is 0 Å². The first-order valence-electron chi connectivity index (χ1n) is 4.33. The molecule has 0 saturated carbocycles. The molecular weight excluding hydrogens is 188 g/mol. The van der Waals surface area contributed by atoms with Crippen LogP contribution in [0.15, 0.2) is 12.2 Å². The molecule has 0 amide bonds. The van der Waals surface area contributed by atoms with Crippen molar-refractivity contribution in [3.05, 3.63) is 12.2 Å². The summed E-state index contributed by atoms with van der Waals surface area (Å²) in [6.07, 6.45) is 2.78. The van der Waals surface area contributed by atoms with E-state index in [1.54, 1.807) is 0 Å². The van der Waals surface area contributed by atoms with E-state index in [1.807, 2.05) is 0 Å². The first kappa shape index (κ1) is 12.6. The lowest BCUT2D eigenvalue weighted by molar-refractivity contribution is -0.137. The van der Waals surface area contributed by atoms with Gasteiger partial charge in [0, 0.05) is 12.5 Å². The highest BCUT2D eigenvalue weighted by Crippen LogP contribution is 2.04. The molecule has 1 atom stereocenters. The maximum Gasteiger partial charge on any atom is 0.328 e. The van der Waals surface area contributed by atoms with Crippen molar-refractivity contribution in [2.24, 2.45) is 0 Å². The van der Waals surface area contributed by atoms with Gasteiger partial charge >= 0.3 is 11.9 Å². The van der Waals surface area contributed by atoms with Gasteiger partial charge in [-0.3, -0.25) is 4.79 Å².